The Kier molecular flexibility index (Phi) is 5.56. The minimum Gasteiger partial charge on any atom is -0.346 e. The fourth-order valence-electron chi connectivity index (χ4n) is 3.04. The molecule has 4 rings (SSSR count). The van der Waals surface area contributed by atoms with Gasteiger partial charge in [-0.2, -0.15) is 5.10 Å². The van der Waals surface area contributed by atoms with Crippen LogP contribution in [0.3, 0.4) is 0 Å². The molecule has 3 aromatic heterocycles. The molecule has 0 fully saturated rings. The van der Waals surface area contributed by atoms with Gasteiger partial charge in [0.05, 0.1) is 47.6 Å². The van der Waals surface area contributed by atoms with Crippen LogP contribution < -0.4 is 5.32 Å². The highest BCUT2D eigenvalue weighted by Crippen LogP contribution is 2.26. The molecule has 0 atom stereocenters. The fraction of sp³-hybridized carbons (Fsp3) is 0.136. The predicted molar refractivity (Wildman–Crippen MR) is 116 cm³/mol. The first-order chi connectivity index (χ1) is 15.0. The molecule has 0 saturated carbocycles. The fourth-order valence-corrected chi connectivity index (χ4v) is 3.76. The van der Waals surface area contributed by atoms with Crippen molar-refractivity contribution in [3.63, 3.8) is 0 Å². The van der Waals surface area contributed by atoms with Gasteiger partial charge in [-0.1, -0.05) is 18.2 Å². The third-order valence-electron chi connectivity index (χ3n) is 4.74. The van der Waals surface area contributed by atoms with E-state index in [1.165, 1.54) is 28.3 Å². The topological polar surface area (TPSA) is 77.1 Å². The van der Waals surface area contributed by atoms with E-state index in [0.29, 0.717) is 27.6 Å². The largest absolute Gasteiger partial charge is 0.346 e. The highest BCUT2D eigenvalue weighted by Gasteiger charge is 2.14. The first kappa shape index (κ1) is 20.4. The van der Waals surface area contributed by atoms with Crippen LogP contribution in [0.5, 0.6) is 0 Å². The molecule has 0 bridgehead atoms. The quantitative estimate of drug-likeness (QED) is 0.467. The molecule has 0 radical (unpaired) electrons. The van der Waals surface area contributed by atoms with Crippen LogP contribution in [0.25, 0.3) is 21.8 Å². The molecule has 4 aromatic rings. The third kappa shape index (κ3) is 4.20. The number of aryl methyl sites for hydroxylation is 2. The van der Waals surface area contributed by atoms with E-state index in [1.807, 2.05) is 25.1 Å². The van der Waals surface area contributed by atoms with Gasteiger partial charge in [0.15, 0.2) is 5.69 Å². The zero-order chi connectivity index (χ0) is 22.0. The van der Waals surface area contributed by atoms with Crippen LogP contribution in [0, 0.1) is 26.2 Å². The highest BCUT2D eigenvalue weighted by atomic mass is 32.1. The average molecular weight is 432 g/mol. The van der Waals surface area contributed by atoms with Gasteiger partial charge in [0.2, 0.25) is 0 Å². The van der Waals surface area contributed by atoms with Crippen molar-refractivity contribution in [3.05, 3.63) is 87.3 Å². The van der Waals surface area contributed by atoms with Crippen molar-refractivity contribution in [3.8, 4) is 16.9 Å². The maximum Gasteiger partial charge on any atom is 0.263 e. The number of hydrogen-bond acceptors (Lipinski definition) is 5. The van der Waals surface area contributed by atoms with E-state index in [-0.39, 0.29) is 18.1 Å². The minimum atomic E-state index is -0.534. The van der Waals surface area contributed by atoms with E-state index in [1.54, 1.807) is 24.7 Å². The zero-order valence-electron chi connectivity index (χ0n) is 16.8. The lowest BCUT2D eigenvalue weighted by Crippen LogP contribution is -2.23. The summed E-state index contributed by atoms with van der Waals surface area (Å²) in [5.74, 6) is -0.838. The molecule has 1 amide bonds. The van der Waals surface area contributed by atoms with Crippen molar-refractivity contribution in [1.29, 1.82) is 0 Å². The number of thiazole rings is 1. The second-order valence-electron chi connectivity index (χ2n) is 6.83. The number of carbonyl (C=O) groups is 1. The van der Waals surface area contributed by atoms with Gasteiger partial charge in [-0.3, -0.25) is 9.78 Å². The molecule has 0 saturated heterocycles. The number of pyridine rings is 1. The number of amides is 1. The molecular weight excluding hydrogens is 415 g/mol. The number of rotatable bonds is 5. The van der Waals surface area contributed by atoms with E-state index in [9.17, 15) is 9.18 Å². The molecule has 0 aliphatic heterocycles. The standard InChI is InChI=1S/C22H17FN6OS/c1-13-8-15(4-5-18(13)24-3)19-6-7-29(28-19)16-9-17(23)20(25-10-16)11-26-22(30)21-14(2)27-12-31-21/h4-10,12H,11H2,1-2H3,(H,26,30). The summed E-state index contributed by atoms with van der Waals surface area (Å²) in [6.07, 6.45) is 3.23. The molecule has 1 aromatic carbocycles. The van der Waals surface area contributed by atoms with Crippen LogP contribution in [0.15, 0.2) is 48.2 Å². The third-order valence-corrected chi connectivity index (χ3v) is 5.67. The van der Waals surface area contributed by atoms with Crippen LogP contribution in [0.2, 0.25) is 0 Å². The maximum atomic E-state index is 14.6. The number of aromatic nitrogens is 4. The Balaban J connectivity index is 1.50. The molecule has 31 heavy (non-hydrogen) atoms. The predicted octanol–water partition coefficient (Wildman–Crippen LogP) is 4.63. The van der Waals surface area contributed by atoms with Crippen molar-refractivity contribution in [2.75, 3.05) is 0 Å². The number of carbonyl (C=O) groups excluding carboxylic acids is 1. The van der Waals surface area contributed by atoms with Gasteiger partial charge in [-0.05, 0) is 31.0 Å². The van der Waals surface area contributed by atoms with Gasteiger partial charge >= 0.3 is 0 Å². The van der Waals surface area contributed by atoms with Gasteiger partial charge in [0.1, 0.15) is 10.7 Å². The molecule has 0 spiro atoms. The van der Waals surface area contributed by atoms with Gasteiger partial charge < -0.3 is 5.32 Å². The second kappa shape index (κ2) is 8.45. The smallest absolute Gasteiger partial charge is 0.263 e. The molecule has 154 valence electrons. The van der Waals surface area contributed by atoms with Crippen molar-refractivity contribution >= 4 is 22.9 Å². The van der Waals surface area contributed by atoms with Gasteiger partial charge in [0.25, 0.3) is 5.91 Å². The van der Waals surface area contributed by atoms with Crippen LogP contribution in [-0.2, 0) is 6.54 Å². The van der Waals surface area contributed by atoms with Crippen molar-refractivity contribution in [2.45, 2.75) is 20.4 Å². The lowest BCUT2D eigenvalue weighted by molar-refractivity contribution is 0.0953. The summed E-state index contributed by atoms with van der Waals surface area (Å²) in [5, 5.41) is 7.16. The van der Waals surface area contributed by atoms with E-state index in [4.69, 9.17) is 6.57 Å². The molecule has 0 unspecified atom stereocenters. The van der Waals surface area contributed by atoms with E-state index >= 15 is 0 Å². The van der Waals surface area contributed by atoms with Crippen LogP contribution in [-0.4, -0.2) is 25.7 Å². The summed E-state index contributed by atoms with van der Waals surface area (Å²) < 4.78 is 16.1. The Morgan fingerprint density at radius 2 is 2.10 bits per heavy atom. The highest BCUT2D eigenvalue weighted by molar-refractivity contribution is 7.11. The summed E-state index contributed by atoms with van der Waals surface area (Å²) >= 11 is 1.24. The number of halogens is 1. The number of hydrogen-bond donors (Lipinski definition) is 1. The maximum absolute atomic E-state index is 14.6. The minimum absolute atomic E-state index is 0.0284. The summed E-state index contributed by atoms with van der Waals surface area (Å²) in [5.41, 5.74) is 5.88. The molecule has 3 heterocycles. The number of benzene rings is 1. The zero-order valence-corrected chi connectivity index (χ0v) is 17.6. The number of nitrogens with one attached hydrogen (secondary N) is 1. The van der Waals surface area contributed by atoms with Gasteiger partial charge in [0, 0.05) is 12.3 Å². The van der Waals surface area contributed by atoms with E-state index < -0.39 is 5.82 Å². The van der Waals surface area contributed by atoms with Gasteiger partial charge in [-0.25, -0.2) is 18.9 Å². The first-order valence-electron chi connectivity index (χ1n) is 9.33. The summed E-state index contributed by atoms with van der Waals surface area (Å²) in [4.78, 5) is 24.3. The molecule has 0 aliphatic rings. The molecule has 0 aliphatic carbocycles. The van der Waals surface area contributed by atoms with Crippen LogP contribution in [0.1, 0.15) is 26.6 Å². The van der Waals surface area contributed by atoms with Crippen LogP contribution in [0.4, 0.5) is 10.1 Å². The van der Waals surface area contributed by atoms with Crippen molar-refractivity contribution in [1.82, 2.24) is 25.1 Å². The van der Waals surface area contributed by atoms with E-state index in [2.05, 4.69) is 25.2 Å². The summed E-state index contributed by atoms with van der Waals surface area (Å²) in [6, 6.07) is 8.64. The lowest BCUT2D eigenvalue weighted by Gasteiger charge is -2.07. The Hall–Kier alpha value is -3.90. The molecule has 1 N–H and O–H groups in total. The SMILES string of the molecule is [C-]#[N+]c1ccc(-c2ccn(-c3cnc(CNC(=O)c4scnc4C)c(F)c3)n2)cc1C. The Morgan fingerprint density at radius 3 is 2.77 bits per heavy atom. The Labute approximate surface area is 182 Å². The number of nitrogens with zero attached hydrogens (tertiary/aromatic N) is 5. The Morgan fingerprint density at radius 1 is 1.26 bits per heavy atom. The monoisotopic (exact) mass is 432 g/mol. The van der Waals surface area contributed by atoms with Crippen molar-refractivity contribution in [2.24, 2.45) is 0 Å². The normalized spacial score (nSPS) is 10.6. The average Bonchev–Trinajstić information content (AvgIpc) is 3.42. The van der Waals surface area contributed by atoms with Gasteiger partial charge in [-0.15, -0.1) is 11.3 Å². The second-order valence-corrected chi connectivity index (χ2v) is 7.68. The molecule has 9 heteroatoms. The first-order valence-corrected chi connectivity index (χ1v) is 10.2. The van der Waals surface area contributed by atoms with Crippen LogP contribution >= 0.6 is 11.3 Å². The van der Waals surface area contributed by atoms with E-state index in [0.717, 1.165) is 11.1 Å². The van der Waals surface area contributed by atoms with Crippen molar-refractivity contribution < 1.29 is 9.18 Å². The summed E-state index contributed by atoms with van der Waals surface area (Å²) in [6.45, 7) is 10.7. The molecule has 7 nitrogen and oxygen atoms in total. The summed E-state index contributed by atoms with van der Waals surface area (Å²) in [7, 11) is 0. The lowest BCUT2D eigenvalue weighted by atomic mass is 10.1. The Bertz CT molecular complexity index is 1320. The molecular formula is C22H17FN6OS.